The van der Waals surface area contributed by atoms with Gasteiger partial charge < -0.3 is 20.3 Å². The second-order valence-electron chi connectivity index (χ2n) is 4.51. The molecule has 0 amide bonds. The summed E-state index contributed by atoms with van der Waals surface area (Å²) in [6.45, 7) is 1.39. The summed E-state index contributed by atoms with van der Waals surface area (Å²) >= 11 is 0. The van der Waals surface area contributed by atoms with Gasteiger partial charge in [-0.1, -0.05) is 24.3 Å². The van der Waals surface area contributed by atoms with Gasteiger partial charge in [-0.15, -0.1) is 0 Å². The number of benzene rings is 1. The molecule has 102 valence electrons. The van der Waals surface area contributed by atoms with Crippen molar-refractivity contribution in [1.29, 1.82) is 5.41 Å². The third-order valence-corrected chi connectivity index (χ3v) is 3.02. The lowest BCUT2D eigenvalue weighted by atomic mass is 10.1. The molecular weight excluding hydrogens is 240 g/mol. The second kappa shape index (κ2) is 6.36. The Morgan fingerprint density at radius 2 is 2.00 bits per heavy atom. The van der Waals surface area contributed by atoms with E-state index in [1.54, 1.807) is 17.2 Å². The summed E-state index contributed by atoms with van der Waals surface area (Å²) in [7, 11) is 3.77. The van der Waals surface area contributed by atoms with Gasteiger partial charge in [0.15, 0.2) is 0 Å². The van der Waals surface area contributed by atoms with E-state index in [-0.39, 0.29) is 6.35 Å². The molecule has 1 heterocycles. The first kappa shape index (κ1) is 13.6. The van der Waals surface area contributed by atoms with Crippen LogP contribution in [0.3, 0.4) is 0 Å². The van der Waals surface area contributed by atoms with Crippen molar-refractivity contribution >= 4 is 5.84 Å². The number of rotatable bonds is 5. The first-order valence-electron chi connectivity index (χ1n) is 6.28. The van der Waals surface area contributed by atoms with Crippen LogP contribution in [0, 0.1) is 5.41 Å². The van der Waals surface area contributed by atoms with E-state index in [1.165, 1.54) is 5.56 Å². The average Bonchev–Trinajstić information content (AvgIpc) is 2.42. The van der Waals surface area contributed by atoms with Crippen LogP contribution < -0.4 is 10.6 Å². The number of likely N-dealkylation sites (N-methyl/N-ethyl adjacent to an activating group) is 1. The van der Waals surface area contributed by atoms with Gasteiger partial charge >= 0.3 is 0 Å². The van der Waals surface area contributed by atoms with Crippen molar-refractivity contribution in [3.8, 4) is 0 Å². The normalized spacial score (nSPS) is 18.5. The molecule has 0 bridgehead atoms. The molecule has 1 aromatic rings. The van der Waals surface area contributed by atoms with Crippen LogP contribution in [0.25, 0.3) is 0 Å². The lowest BCUT2D eigenvalue weighted by Crippen LogP contribution is -2.48. The Morgan fingerprint density at radius 3 is 2.68 bits per heavy atom. The molecule has 1 aromatic carbocycles. The Balaban J connectivity index is 1.88. The van der Waals surface area contributed by atoms with Gasteiger partial charge in [0, 0.05) is 19.8 Å². The number of ether oxygens (including phenoxy) is 1. The molecule has 1 aliphatic heterocycles. The fourth-order valence-corrected chi connectivity index (χ4v) is 1.86. The quantitative estimate of drug-likeness (QED) is 0.745. The van der Waals surface area contributed by atoms with Crippen molar-refractivity contribution in [2.75, 3.05) is 14.1 Å². The number of amidine groups is 1. The molecule has 1 atom stereocenters. The van der Waals surface area contributed by atoms with Crippen molar-refractivity contribution in [1.82, 2.24) is 15.5 Å². The molecule has 19 heavy (non-hydrogen) atoms. The van der Waals surface area contributed by atoms with Crippen LogP contribution in [0.1, 0.15) is 11.1 Å². The van der Waals surface area contributed by atoms with Gasteiger partial charge in [0.1, 0.15) is 5.84 Å². The van der Waals surface area contributed by atoms with Crippen LogP contribution in [0.5, 0.6) is 0 Å². The smallest absolute Gasteiger partial charge is 0.208 e. The zero-order valence-corrected chi connectivity index (χ0v) is 11.3. The Kier molecular flexibility index (Phi) is 4.54. The minimum absolute atomic E-state index is 0.283. The molecule has 0 fully saturated rings. The minimum atomic E-state index is -0.283. The third kappa shape index (κ3) is 3.56. The highest BCUT2D eigenvalue weighted by Crippen LogP contribution is 2.09. The van der Waals surface area contributed by atoms with Crippen molar-refractivity contribution < 1.29 is 4.74 Å². The first-order valence-corrected chi connectivity index (χ1v) is 6.28. The van der Waals surface area contributed by atoms with Gasteiger partial charge in [-0.3, -0.25) is 5.41 Å². The lowest BCUT2D eigenvalue weighted by Gasteiger charge is -2.31. The Hall–Kier alpha value is -1.85. The van der Waals surface area contributed by atoms with Crippen molar-refractivity contribution in [2.24, 2.45) is 0 Å². The summed E-state index contributed by atoms with van der Waals surface area (Å²) in [5.41, 5.74) is 2.38. The number of nitrogens with zero attached hydrogens (tertiary/aromatic N) is 1. The van der Waals surface area contributed by atoms with E-state index in [0.29, 0.717) is 12.4 Å². The maximum Gasteiger partial charge on any atom is 0.208 e. The SMILES string of the molecule is CNCc1ccc(COC2NC=CC(=N)N2C)cc1. The van der Waals surface area contributed by atoms with Crippen LogP contribution in [-0.4, -0.2) is 31.2 Å². The molecule has 0 aliphatic carbocycles. The lowest BCUT2D eigenvalue weighted by molar-refractivity contribution is -0.0430. The van der Waals surface area contributed by atoms with Crippen molar-refractivity contribution in [3.05, 3.63) is 47.7 Å². The summed E-state index contributed by atoms with van der Waals surface area (Å²) in [4.78, 5) is 1.75. The van der Waals surface area contributed by atoms with E-state index in [9.17, 15) is 0 Å². The molecule has 5 nitrogen and oxygen atoms in total. The van der Waals surface area contributed by atoms with Gasteiger partial charge in [0.05, 0.1) is 6.61 Å². The summed E-state index contributed by atoms with van der Waals surface area (Å²) < 4.78 is 5.76. The molecule has 2 rings (SSSR count). The van der Waals surface area contributed by atoms with Crippen LogP contribution >= 0.6 is 0 Å². The summed E-state index contributed by atoms with van der Waals surface area (Å²) in [6.07, 6.45) is 3.16. The standard InChI is InChI=1S/C14H20N4O/c1-16-9-11-3-5-12(6-4-11)10-19-14-17-8-7-13(15)18(14)2/h3-8,14-17H,9-10H2,1-2H3. The predicted molar refractivity (Wildman–Crippen MR) is 75.5 cm³/mol. The highest BCUT2D eigenvalue weighted by atomic mass is 16.5. The van der Waals surface area contributed by atoms with E-state index in [2.05, 4.69) is 34.9 Å². The predicted octanol–water partition coefficient (Wildman–Crippen LogP) is 1.23. The molecule has 1 unspecified atom stereocenters. The van der Waals surface area contributed by atoms with Crippen LogP contribution in [0.15, 0.2) is 36.5 Å². The van der Waals surface area contributed by atoms with Gasteiger partial charge in [-0.25, -0.2) is 0 Å². The van der Waals surface area contributed by atoms with E-state index in [0.717, 1.165) is 12.1 Å². The zero-order chi connectivity index (χ0) is 13.7. The van der Waals surface area contributed by atoms with Crippen molar-refractivity contribution in [3.63, 3.8) is 0 Å². The van der Waals surface area contributed by atoms with Gasteiger partial charge in [-0.2, -0.15) is 0 Å². The fourth-order valence-electron chi connectivity index (χ4n) is 1.86. The minimum Gasteiger partial charge on any atom is -0.349 e. The van der Waals surface area contributed by atoms with Crippen LogP contribution in [0.4, 0.5) is 0 Å². The fraction of sp³-hybridized carbons (Fsp3) is 0.357. The van der Waals surface area contributed by atoms with Gasteiger partial charge in [-0.05, 0) is 24.3 Å². The van der Waals surface area contributed by atoms with Crippen molar-refractivity contribution in [2.45, 2.75) is 19.5 Å². The van der Waals surface area contributed by atoms with E-state index in [1.807, 2.05) is 14.1 Å². The zero-order valence-electron chi connectivity index (χ0n) is 11.3. The molecular formula is C14H20N4O. The van der Waals surface area contributed by atoms with E-state index < -0.39 is 0 Å². The summed E-state index contributed by atoms with van der Waals surface area (Å²) in [6, 6.07) is 8.32. The van der Waals surface area contributed by atoms with E-state index in [4.69, 9.17) is 10.1 Å². The summed E-state index contributed by atoms with van der Waals surface area (Å²) in [5.74, 6) is 0.438. The molecule has 0 radical (unpaired) electrons. The molecule has 3 N–H and O–H groups in total. The average molecular weight is 260 g/mol. The number of hydrogen-bond donors (Lipinski definition) is 3. The molecule has 5 heteroatoms. The Morgan fingerprint density at radius 1 is 1.32 bits per heavy atom. The maximum atomic E-state index is 7.69. The Bertz CT molecular complexity index is 455. The molecule has 0 saturated carbocycles. The molecule has 0 saturated heterocycles. The molecule has 0 spiro atoms. The van der Waals surface area contributed by atoms with Gasteiger partial charge in [0.2, 0.25) is 6.35 Å². The second-order valence-corrected chi connectivity index (χ2v) is 4.51. The monoisotopic (exact) mass is 260 g/mol. The number of nitrogens with one attached hydrogen (secondary N) is 3. The number of hydrogen-bond acceptors (Lipinski definition) is 4. The highest BCUT2D eigenvalue weighted by Gasteiger charge is 2.18. The van der Waals surface area contributed by atoms with Gasteiger partial charge in [0.25, 0.3) is 0 Å². The van der Waals surface area contributed by atoms with Crippen LogP contribution in [-0.2, 0) is 17.9 Å². The molecule has 1 aliphatic rings. The topological polar surface area (TPSA) is 60.4 Å². The van der Waals surface area contributed by atoms with Crippen LogP contribution in [0.2, 0.25) is 0 Å². The first-order chi connectivity index (χ1) is 9.20. The molecule has 0 aromatic heterocycles. The largest absolute Gasteiger partial charge is 0.349 e. The highest BCUT2D eigenvalue weighted by molar-refractivity contribution is 5.90. The third-order valence-electron chi connectivity index (χ3n) is 3.02. The maximum absolute atomic E-state index is 7.69. The summed E-state index contributed by atoms with van der Waals surface area (Å²) in [5, 5.41) is 13.9. The van der Waals surface area contributed by atoms with E-state index >= 15 is 0 Å². The Labute approximate surface area is 113 Å².